The summed E-state index contributed by atoms with van der Waals surface area (Å²) in [7, 11) is 1.31. The Hall–Kier alpha value is -3.27. The minimum Gasteiger partial charge on any atom is -0.463 e. The average molecular weight is 571 g/mol. The van der Waals surface area contributed by atoms with E-state index in [0.717, 1.165) is 9.80 Å². The Morgan fingerprint density at radius 2 is 1.72 bits per heavy atom. The fourth-order valence-electron chi connectivity index (χ4n) is 6.79. The maximum absolute atomic E-state index is 13.9. The number of rotatable bonds is 4. The highest BCUT2D eigenvalue weighted by molar-refractivity contribution is 6.53. The quantitative estimate of drug-likeness (QED) is 0.259. The zero-order valence-electron chi connectivity index (χ0n) is 21.0. The third-order valence-corrected chi connectivity index (χ3v) is 10.1. The molecule has 6 rings (SSSR count). The van der Waals surface area contributed by atoms with Gasteiger partial charge >= 0.3 is 0 Å². The molecule has 6 atom stereocenters. The number of amides is 4. The summed E-state index contributed by atoms with van der Waals surface area (Å²) < 4.78 is 5.83. The van der Waals surface area contributed by atoms with E-state index in [1.54, 1.807) is 36.4 Å². The molecule has 1 N–H and O–H groups in total. The van der Waals surface area contributed by atoms with Gasteiger partial charge in [-0.3, -0.25) is 33.8 Å². The van der Waals surface area contributed by atoms with Crippen LogP contribution in [0.5, 0.6) is 0 Å². The van der Waals surface area contributed by atoms with E-state index < -0.39 is 57.7 Å². The fourth-order valence-corrected chi connectivity index (χ4v) is 7.79. The molecule has 3 heterocycles. The molecular weight excluding hydrogens is 547 g/mol. The van der Waals surface area contributed by atoms with Gasteiger partial charge in [-0.25, -0.2) is 0 Å². The third-order valence-electron chi connectivity index (χ3n) is 8.67. The molecule has 202 valence electrons. The van der Waals surface area contributed by atoms with Gasteiger partial charge in [0.1, 0.15) is 18.1 Å². The summed E-state index contributed by atoms with van der Waals surface area (Å²) in [4.78, 5) is 64.3. The van der Waals surface area contributed by atoms with Crippen molar-refractivity contribution in [3.63, 3.8) is 0 Å². The zero-order chi connectivity index (χ0) is 28.0. The van der Waals surface area contributed by atoms with Crippen molar-refractivity contribution >= 4 is 58.3 Å². The highest BCUT2D eigenvalue weighted by Gasteiger charge is 2.76. The molecule has 0 spiro atoms. The molecule has 39 heavy (non-hydrogen) atoms. The second-order valence-corrected chi connectivity index (χ2v) is 11.8. The van der Waals surface area contributed by atoms with Crippen LogP contribution in [0.4, 0.5) is 5.69 Å². The van der Waals surface area contributed by atoms with Crippen LogP contribution in [0.15, 0.2) is 52.5 Å². The lowest BCUT2D eigenvalue weighted by Crippen LogP contribution is -2.60. The molecule has 11 heteroatoms. The highest BCUT2D eigenvalue weighted by Crippen LogP contribution is 2.65. The largest absolute Gasteiger partial charge is 0.463 e. The van der Waals surface area contributed by atoms with Crippen molar-refractivity contribution in [3.8, 4) is 0 Å². The van der Waals surface area contributed by atoms with Crippen molar-refractivity contribution in [1.82, 2.24) is 4.90 Å². The van der Waals surface area contributed by atoms with E-state index in [2.05, 4.69) is 0 Å². The molecule has 2 aromatic rings. The van der Waals surface area contributed by atoms with Gasteiger partial charge < -0.3 is 9.52 Å². The molecule has 1 saturated carbocycles. The molecule has 0 bridgehead atoms. The van der Waals surface area contributed by atoms with Gasteiger partial charge in [0, 0.05) is 12.6 Å². The SMILES string of the molecule is CC(=O)c1ccc(N2C(=O)C3CC=C4C(CC5(Cl)C(=O)N(C)C(=O)C5(Cl)C4c4ccc(CO)o4)C3C2=O)cc1. The minimum absolute atomic E-state index is 0.125. The number of furan rings is 1. The normalized spacial score (nSPS) is 33.7. The van der Waals surface area contributed by atoms with Gasteiger partial charge in [-0.05, 0) is 62.1 Å². The number of ketones is 1. The number of halogens is 2. The van der Waals surface area contributed by atoms with E-state index in [0.29, 0.717) is 16.8 Å². The predicted molar refractivity (Wildman–Crippen MR) is 139 cm³/mol. The van der Waals surface area contributed by atoms with Gasteiger partial charge in [-0.1, -0.05) is 11.6 Å². The number of benzene rings is 1. The number of alkyl halides is 2. The van der Waals surface area contributed by atoms with Gasteiger partial charge in [0.25, 0.3) is 11.8 Å². The number of nitrogens with zero attached hydrogens (tertiary/aromatic N) is 2. The molecule has 6 unspecified atom stereocenters. The summed E-state index contributed by atoms with van der Waals surface area (Å²) in [6.45, 7) is 1.04. The van der Waals surface area contributed by atoms with E-state index in [4.69, 9.17) is 27.6 Å². The smallest absolute Gasteiger partial charge is 0.253 e. The van der Waals surface area contributed by atoms with Gasteiger partial charge in [0.05, 0.1) is 23.4 Å². The van der Waals surface area contributed by atoms with Gasteiger partial charge in [0.2, 0.25) is 11.8 Å². The third kappa shape index (κ3) is 3.27. The summed E-state index contributed by atoms with van der Waals surface area (Å²) in [6.07, 6.45) is 1.90. The summed E-state index contributed by atoms with van der Waals surface area (Å²) in [5.41, 5.74) is 1.40. The number of anilines is 1. The molecular formula is C28H24Cl2N2O7. The zero-order valence-corrected chi connectivity index (χ0v) is 22.5. The van der Waals surface area contributed by atoms with Crippen molar-refractivity contribution in [3.05, 3.63) is 65.1 Å². The van der Waals surface area contributed by atoms with Crippen LogP contribution < -0.4 is 4.90 Å². The molecule has 1 aromatic carbocycles. The van der Waals surface area contributed by atoms with Crippen molar-refractivity contribution in [2.75, 3.05) is 11.9 Å². The molecule has 4 aliphatic rings. The number of aliphatic hydroxyl groups is 1. The topological polar surface area (TPSA) is 125 Å². The molecule has 1 aromatic heterocycles. The van der Waals surface area contributed by atoms with E-state index in [1.165, 1.54) is 14.0 Å². The molecule has 3 fully saturated rings. The lowest BCUT2D eigenvalue weighted by Gasteiger charge is -2.49. The number of carbonyl (C=O) groups is 5. The first-order valence-corrected chi connectivity index (χ1v) is 13.3. The van der Waals surface area contributed by atoms with Crippen molar-refractivity contribution < 1.29 is 33.5 Å². The summed E-state index contributed by atoms with van der Waals surface area (Å²) >= 11 is 14.1. The van der Waals surface area contributed by atoms with Crippen molar-refractivity contribution in [1.29, 1.82) is 0 Å². The Balaban J connectivity index is 1.47. The Morgan fingerprint density at radius 3 is 2.33 bits per heavy atom. The van der Waals surface area contributed by atoms with Crippen LogP contribution in [-0.2, 0) is 25.8 Å². The highest BCUT2D eigenvalue weighted by atomic mass is 35.5. The summed E-state index contributed by atoms with van der Waals surface area (Å²) in [5.74, 6) is -5.09. The second kappa shape index (κ2) is 8.61. The number of carbonyl (C=O) groups excluding carboxylic acids is 5. The van der Waals surface area contributed by atoms with Gasteiger partial charge in [-0.15, -0.1) is 23.2 Å². The first-order chi connectivity index (χ1) is 18.5. The molecule has 9 nitrogen and oxygen atoms in total. The van der Waals surface area contributed by atoms with Crippen LogP contribution in [0.2, 0.25) is 0 Å². The van der Waals surface area contributed by atoms with Crippen LogP contribution in [0.25, 0.3) is 0 Å². The first-order valence-electron chi connectivity index (χ1n) is 12.5. The van der Waals surface area contributed by atoms with E-state index in [1.807, 2.05) is 6.08 Å². The molecule has 2 aliphatic carbocycles. The van der Waals surface area contributed by atoms with E-state index in [-0.39, 0.29) is 36.1 Å². The number of Topliss-reactive ketones (excluding diaryl/α,β-unsaturated/α-hetero) is 1. The lowest BCUT2D eigenvalue weighted by atomic mass is 9.57. The van der Waals surface area contributed by atoms with E-state index >= 15 is 0 Å². The van der Waals surface area contributed by atoms with Crippen LogP contribution in [0, 0.1) is 17.8 Å². The van der Waals surface area contributed by atoms with Gasteiger partial charge in [0.15, 0.2) is 15.5 Å². The second-order valence-electron chi connectivity index (χ2n) is 10.6. The Morgan fingerprint density at radius 1 is 1.03 bits per heavy atom. The van der Waals surface area contributed by atoms with Crippen LogP contribution in [0.3, 0.4) is 0 Å². The number of hydrogen-bond donors (Lipinski definition) is 1. The fraction of sp³-hybridized carbons (Fsp3) is 0.393. The number of imide groups is 2. The monoisotopic (exact) mass is 570 g/mol. The Bertz CT molecular complexity index is 1500. The summed E-state index contributed by atoms with van der Waals surface area (Å²) in [5, 5.41) is 9.59. The molecule has 4 amide bonds. The van der Waals surface area contributed by atoms with Crippen LogP contribution >= 0.6 is 23.2 Å². The minimum atomic E-state index is -1.94. The average Bonchev–Trinajstić information content (AvgIpc) is 3.53. The van der Waals surface area contributed by atoms with E-state index in [9.17, 15) is 29.1 Å². The maximum atomic E-state index is 13.9. The Labute approximate surface area is 233 Å². The number of allylic oxidation sites excluding steroid dienone is 2. The summed E-state index contributed by atoms with van der Waals surface area (Å²) in [6, 6.07) is 9.36. The number of likely N-dealkylation sites (tertiary alicyclic amines) is 1. The molecule has 2 aliphatic heterocycles. The standard InChI is InChI=1S/C28H24Cl2N2O7/c1-13(34)14-3-5-15(6-4-14)32-23(35)18-9-8-17-19(21(18)24(32)36)11-27(29)25(37)31(2)26(38)28(27,30)22(17)20-10-7-16(12-33)39-20/h3-8,10,18-19,21-22,33H,9,11-12H2,1-2H3. The first kappa shape index (κ1) is 26.0. The van der Waals surface area contributed by atoms with Crippen LogP contribution in [0.1, 0.15) is 47.6 Å². The number of hydrogen-bond acceptors (Lipinski definition) is 7. The Kier molecular flexibility index (Phi) is 5.74. The number of aliphatic hydroxyl groups excluding tert-OH is 1. The van der Waals surface area contributed by atoms with Gasteiger partial charge in [-0.2, -0.15) is 0 Å². The number of fused-ring (bicyclic) bond motifs is 4. The molecule has 0 radical (unpaired) electrons. The van der Waals surface area contributed by atoms with Crippen LogP contribution in [-0.4, -0.2) is 56.2 Å². The lowest BCUT2D eigenvalue weighted by molar-refractivity contribution is -0.138. The molecule has 2 saturated heterocycles. The maximum Gasteiger partial charge on any atom is 0.253 e. The van der Waals surface area contributed by atoms with Crippen molar-refractivity contribution in [2.24, 2.45) is 17.8 Å². The van der Waals surface area contributed by atoms with Crippen molar-refractivity contribution in [2.45, 2.75) is 42.0 Å². The predicted octanol–water partition coefficient (Wildman–Crippen LogP) is 3.17.